The molecule has 5 nitrogen and oxygen atoms in total. The van der Waals surface area contributed by atoms with Crippen molar-refractivity contribution in [3.63, 3.8) is 0 Å². The highest BCUT2D eigenvalue weighted by Gasteiger charge is 2.22. The number of para-hydroxylation sites is 1. The number of likely N-dealkylation sites (tertiary alicyclic amines) is 1. The van der Waals surface area contributed by atoms with Crippen molar-refractivity contribution in [1.82, 2.24) is 9.47 Å². The van der Waals surface area contributed by atoms with Crippen LogP contribution in [0.3, 0.4) is 0 Å². The summed E-state index contributed by atoms with van der Waals surface area (Å²) in [5.41, 5.74) is 15.4. The Morgan fingerprint density at radius 3 is 2.46 bits per heavy atom. The molecule has 2 aromatic rings. The first-order valence-corrected chi connectivity index (χ1v) is 9.09. The number of aliphatic hydroxyl groups excluding tert-OH is 1. The van der Waals surface area contributed by atoms with Gasteiger partial charge in [0.2, 0.25) is 0 Å². The van der Waals surface area contributed by atoms with Crippen LogP contribution in [0.25, 0.3) is 10.9 Å². The van der Waals surface area contributed by atoms with Gasteiger partial charge in [-0.2, -0.15) is 0 Å². The van der Waals surface area contributed by atoms with Gasteiger partial charge < -0.3 is 21.1 Å². The van der Waals surface area contributed by atoms with Crippen molar-refractivity contribution in [2.24, 2.45) is 11.5 Å². The fourth-order valence-corrected chi connectivity index (χ4v) is 3.95. The van der Waals surface area contributed by atoms with Crippen molar-refractivity contribution in [1.29, 1.82) is 0 Å². The van der Waals surface area contributed by atoms with E-state index in [0.717, 1.165) is 35.2 Å². The quantitative estimate of drug-likeness (QED) is 0.784. The summed E-state index contributed by atoms with van der Waals surface area (Å²) in [6.45, 7) is 5.04. The maximum atomic E-state index is 10.8. The number of nitrogens with two attached hydrogens (primary N) is 2. The van der Waals surface area contributed by atoms with E-state index >= 15 is 0 Å². The van der Waals surface area contributed by atoms with Crippen LogP contribution < -0.4 is 11.5 Å². The zero-order valence-electron chi connectivity index (χ0n) is 14.6. The Kier molecular flexibility index (Phi) is 5.56. The van der Waals surface area contributed by atoms with Crippen molar-refractivity contribution in [2.45, 2.75) is 51.4 Å². The van der Waals surface area contributed by atoms with Gasteiger partial charge in [-0.05, 0) is 31.4 Å². The standard InChI is InChI=1S/C19H30N4O/c1-14-19(16(21)12-20)15-8-4-5-9-17(15)23(14)13-18(24)22-10-6-2-3-7-11-22/h4-5,8-9,16,18,24H,2-3,6-7,10-13,20-21H2,1H3. The fraction of sp³-hybridized carbons (Fsp3) is 0.579. The molecule has 0 radical (unpaired) electrons. The van der Waals surface area contributed by atoms with Crippen LogP contribution in [-0.4, -0.2) is 40.4 Å². The third-order valence-electron chi connectivity index (χ3n) is 5.31. The minimum Gasteiger partial charge on any atom is -0.376 e. The van der Waals surface area contributed by atoms with Gasteiger partial charge in [0, 0.05) is 42.3 Å². The van der Waals surface area contributed by atoms with Gasteiger partial charge >= 0.3 is 0 Å². The molecule has 1 aromatic carbocycles. The van der Waals surface area contributed by atoms with Crippen LogP contribution in [0.2, 0.25) is 0 Å². The molecule has 0 saturated carbocycles. The van der Waals surface area contributed by atoms with Crippen LogP contribution in [-0.2, 0) is 6.54 Å². The molecule has 0 bridgehead atoms. The third kappa shape index (κ3) is 3.35. The molecular weight excluding hydrogens is 300 g/mol. The van der Waals surface area contributed by atoms with Gasteiger partial charge in [0.05, 0.1) is 6.54 Å². The maximum Gasteiger partial charge on any atom is 0.125 e. The van der Waals surface area contributed by atoms with Crippen LogP contribution in [0.4, 0.5) is 0 Å². The second-order valence-electron chi connectivity index (χ2n) is 6.90. The highest BCUT2D eigenvalue weighted by molar-refractivity contribution is 5.86. The summed E-state index contributed by atoms with van der Waals surface area (Å²) in [6, 6.07) is 8.09. The number of fused-ring (bicyclic) bond motifs is 1. The molecule has 3 rings (SSSR count). The molecule has 2 heterocycles. The van der Waals surface area contributed by atoms with Crippen molar-refractivity contribution in [2.75, 3.05) is 19.6 Å². The van der Waals surface area contributed by atoms with Crippen molar-refractivity contribution in [3.8, 4) is 0 Å². The van der Waals surface area contributed by atoms with E-state index in [1.165, 1.54) is 25.7 Å². The first-order chi connectivity index (χ1) is 11.6. The molecule has 1 saturated heterocycles. The van der Waals surface area contributed by atoms with Gasteiger partial charge in [-0.25, -0.2) is 0 Å². The lowest BCUT2D eigenvalue weighted by Gasteiger charge is -2.27. The van der Waals surface area contributed by atoms with Crippen molar-refractivity contribution < 1.29 is 5.11 Å². The van der Waals surface area contributed by atoms with Gasteiger partial charge in [0.1, 0.15) is 6.23 Å². The average molecular weight is 330 g/mol. The molecule has 0 aliphatic carbocycles. The van der Waals surface area contributed by atoms with Gasteiger partial charge in [0.15, 0.2) is 0 Å². The average Bonchev–Trinajstić information content (AvgIpc) is 2.78. The van der Waals surface area contributed by atoms with E-state index in [4.69, 9.17) is 11.5 Å². The fourth-order valence-electron chi connectivity index (χ4n) is 3.95. The maximum absolute atomic E-state index is 10.8. The van der Waals surface area contributed by atoms with Gasteiger partial charge in [0.25, 0.3) is 0 Å². The number of hydrogen-bond donors (Lipinski definition) is 3. The highest BCUT2D eigenvalue weighted by atomic mass is 16.3. The molecule has 5 N–H and O–H groups in total. The molecule has 1 aliphatic rings. The second kappa shape index (κ2) is 7.66. The van der Waals surface area contributed by atoms with Crippen LogP contribution in [0.5, 0.6) is 0 Å². The highest BCUT2D eigenvalue weighted by Crippen LogP contribution is 2.30. The second-order valence-corrected chi connectivity index (χ2v) is 6.90. The van der Waals surface area contributed by atoms with Crippen LogP contribution in [0.15, 0.2) is 24.3 Å². The molecule has 1 aromatic heterocycles. The molecule has 24 heavy (non-hydrogen) atoms. The zero-order chi connectivity index (χ0) is 17.1. The van der Waals surface area contributed by atoms with E-state index in [2.05, 4.69) is 28.5 Å². The number of aliphatic hydroxyl groups is 1. The minimum atomic E-state index is -0.459. The number of benzene rings is 1. The molecule has 0 amide bonds. The lowest BCUT2D eigenvalue weighted by Crippen LogP contribution is -2.39. The van der Waals surface area contributed by atoms with Crippen LogP contribution in [0, 0.1) is 6.92 Å². The number of hydrogen-bond acceptors (Lipinski definition) is 4. The predicted molar refractivity (Wildman–Crippen MR) is 98.7 cm³/mol. The van der Waals surface area contributed by atoms with E-state index in [1.807, 2.05) is 12.1 Å². The summed E-state index contributed by atoms with van der Waals surface area (Å²) >= 11 is 0. The topological polar surface area (TPSA) is 80.4 Å². The lowest BCUT2D eigenvalue weighted by molar-refractivity contribution is -0.00596. The molecule has 1 fully saturated rings. The summed E-state index contributed by atoms with van der Waals surface area (Å²) in [5.74, 6) is 0. The van der Waals surface area contributed by atoms with Gasteiger partial charge in [-0.3, -0.25) is 4.90 Å². The Morgan fingerprint density at radius 2 is 1.79 bits per heavy atom. The van der Waals surface area contributed by atoms with Crippen molar-refractivity contribution in [3.05, 3.63) is 35.5 Å². The normalized spacial score (nSPS) is 19.3. The first kappa shape index (κ1) is 17.4. The Hall–Kier alpha value is -1.40. The Morgan fingerprint density at radius 1 is 1.12 bits per heavy atom. The molecular formula is C19H30N4O. The Labute approximate surface area is 144 Å². The summed E-state index contributed by atoms with van der Waals surface area (Å²) in [7, 11) is 0. The van der Waals surface area contributed by atoms with Gasteiger partial charge in [-0.1, -0.05) is 31.0 Å². The van der Waals surface area contributed by atoms with E-state index in [9.17, 15) is 5.11 Å². The monoisotopic (exact) mass is 330 g/mol. The molecule has 1 aliphatic heterocycles. The van der Waals surface area contributed by atoms with Crippen LogP contribution >= 0.6 is 0 Å². The molecule has 0 spiro atoms. The number of aromatic nitrogens is 1. The Balaban J connectivity index is 1.92. The first-order valence-electron chi connectivity index (χ1n) is 9.09. The summed E-state index contributed by atoms with van der Waals surface area (Å²) in [4.78, 5) is 2.21. The smallest absolute Gasteiger partial charge is 0.125 e. The summed E-state index contributed by atoms with van der Waals surface area (Å²) in [6.07, 6.45) is 4.42. The summed E-state index contributed by atoms with van der Waals surface area (Å²) < 4.78 is 2.20. The van der Waals surface area contributed by atoms with E-state index in [1.54, 1.807) is 0 Å². The Bertz CT molecular complexity index is 673. The van der Waals surface area contributed by atoms with Crippen LogP contribution in [0.1, 0.15) is 43.0 Å². The molecule has 132 valence electrons. The molecule has 2 atom stereocenters. The predicted octanol–water partition coefficient (Wildman–Crippen LogP) is 2.10. The van der Waals surface area contributed by atoms with E-state index in [-0.39, 0.29) is 6.04 Å². The van der Waals surface area contributed by atoms with Gasteiger partial charge in [-0.15, -0.1) is 0 Å². The molecule has 2 unspecified atom stereocenters. The van der Waals surface area contributed by atoms with E-state index in [0.29, 0.717) is 13.1 Å². The summed E-state index contributed by atoms with van der Waals surface area (Å²) in [5, 5.41) is 11.9. The largest absolute Gasteiger partial charge is 0.376 e. The SMILES string of the molecule is Cc1c(C(N)CN)c2ccccc2n1CC(O)N1CCCCCC1. The number of nitrogens with zero attached hydrogens (tertiary/aromatic N) is 2. The minimum absolute atomic E-state index is 0.175. The molecule has 5 heteroatoms. The zero-order valence-corrected chi connectivity index (χ0v) is 14.6. The van der Waals surface area contributed by atoms with E-state index < -0.39 is 6.23 Å². The number of rotatable bonds is 5. The third-order valence-corrected chi connectivity index (χ3v) is 5.31. The van der Waals surface area contributed by atoms with Crippen molar-refractivity contribution >= 4 is 10.9 Å². The lowest BCUT2D eigenvalue weighted by atomic mass is 10.0.